The quantitative estimate of drug-likeness (QED) is 0.798. The highest BCUT2D eigenvalue weighted by molar-refractivity contribution is 5.35. The molecule has 0 aliphatic carbocycles. The van der Waals surface area contributed by atoms with Crippen molar-refractivity contribution in [2.75, 3.05) is 6.54 Å². The van der Waals surface area contributed by atoms with Gasteiger partial charge in [0.2, 0.25) is 0 Å². The van der Waals surface area contributed by atoms with Crippen LogP contribution in [-0.4, -0.2) is 6.54 Å². The van der Waals surface area contributed by atoms with Gasteiger partial charge in [-0.05, 0) is 42.9 Å². The Morgan fingerprint density at radius 1 is 1.25 bits per heavy atom. The molecule has 1 aliphatic heterocycles. The van der Waals surface area contributed by atoms with Crippen LogP contribution in [0.1, 0.15) is 44.7 Å². The SMILES string of the molecule is Cc1ccccc1C1(CC(C)(C)C)CCN1. The van der Waals surface area contributed by atoms with E-state index in [9.17, 15) is 0 Å². The summed E-state index contributed by atoms with van der Waals surface area (Å²) in [6.45, 7) is 10.4. The lowest BCUT2D eigenvalue weighted by Gasteiger charge is -2.48. The predicted octanol–water partition coefficient (Wildman–Crippen LogP) is 3.62. The molecule has 0 bridgehead atoms. The summed E-state index contributed by atoms with van der Waals surface area (Å²) in [6, 6.07) is 8.79. The highest BCUT2D eigenvalue weighted by Crippen LogP contribution is 2.42. The maximum Gasteiger partial charge on any atom is 0.0454 e. The van der Waals surface area contributed by atoms with Gasteiger partial charge in [0.25, 0.3) is 0 Å². The third-order valence-corrected chi connectivity index (χ3v) is 3.51. The Labute approximate surface area is 99.3 Å². The Bertz CT molecular complexity index is 369. The van der Waals surface area contributed by atoms with Gasteiger partial charge in [-0.3, -0.25) is 0 Å². The summed E-state index contributed by atoms with van der Waals surface area (Å²) in [6.07, 6.45) is 2.49. The maximum atomic E-state index is 3.67. The lowest BCUT2D eigenvalue weighted by molar-refractivity contribution is 0.131. The molecule has 1 atom stereocenters. The Balaban J connectivity index is 2.32. The normalized spacial score (nSPS) is 25.2. The third kappa shape index (κ3) is 2.15. The molecular formula is C15H23N. The molecule has 1 heteroatoms. The first-order valence-corrected chi connectivity index (χ1v) is 6.24. The first kappa shape index (κ1) is 11.7. The van der Waals surface area contributed by atoms with E-state index in [1.807, 2.05) is 0 Å². The zero-order valence-corrected chi connectivity index (χ0v) is 10.9. The summed E-state index contributed by atoms with van der Waals surface area (Å²) in [5.74, 6) is 0. The van der Waals surface area contributed by atoms with Crippen LogP contribution in [0.4, 0.5) is 0 Å². The molecule has 0 saturated carbocycles. The van der Waals surface area contributed by atoms with E-state index >= 15 is 0 Å². The lowest BCUT2D eigenvalue weighted by atomic mass is 9.69. The van der Waals surface area contributed by atoms with Crippen LogP contribution >= 0.6 is 0 Å². The minimum Gasteiger partial charge on any atom is -0.307 e. The monoisotopic (exact) mass is 217 g/mol. The van der Waals surface area contributed by atoms with Crippen LogP contribution in [0.25, 0.3) is 0 Å². The summed E-state index contributed by atoms with van der Waals surface area (Å²) in [5, 5.41) is 3.67. The van der Waals surface area contributed by atoms with Crippen molar-refractivity contribution in [3.8, 4) is 0 Å². The smallest absolute Gasteiger partial charge is 0.0454 e. The molecule has 0 radical (unpaired) electrons. The van der Waals surface area contributed by atoms with Gasteiger partial charge < -0.3 is 5.32 Å². The van der Waals surface area contributed by atoms with Crippen LogP contribution in [0.5, 0.6) is 0 Å². The highest BCUT2D eigenvalue weighted by Gasteiger charge is 2.41. The summed E-state index contributed by atoms with van der Waals surface area (Å²) in [5.41, 5.74) is 3.52. The molecule has 0 aromatic heterocycles. The van der Waals surface area contributed by atoms with Crippen LogP contribution in [-0.2, 0) is 5.54 Å². The minimum atomic E-state index is 0.240. The second-order valence-electron chi connectivity index (χ2n) is 6.31. The van der Waals surface area contributed by atoms with Gasteiger partial charge in [0.05, 0.1) is 0 Å². The van der Waals surface area contributed by atoms with Gasteiger partial charge in [0, 0.05) is 5.54 Å². The van der Waals surface area contributed by atoms with Crippen LogP contribution in [0.3, 0.4) is 0 Å². The first-order chi connectivity index (χ1) is 7.43. The lowest BCUT2D eigenvalue weighted by Crippen LogP contribution is -2.56. The van der Waals surface area contributed by atoms with Crippen molar-refractivity contribution >= 4 is 0 Å². The van der Waals surface area contributed by atoms with Gasteiger partial charge in [-0.1, -0.05) is 45.0 Å². The molecule has 1 aromatic rings. The summed E-state index contributed by atoms with van der Waals surface area (Å²) in [4.78, 5) is 0. The summed E-state index contributed by atoms with van der Waals surface area (Å²) < 4.78 is 0. The van der Waals surface area contributed by atoms with Crippen molar-refractivity contribution in [2.45, 2.75) is 46.1 Å². The molecule has 1 heterocycles. The number of hydrogen-bond donors (Lipinski definition) is 1. The van der Waals surface area contributed by atoms with Gasteiger partial charge in [0.15, 0.2) is 0 Å². The second kappa shape index (κ2) is 3.89. The molecule has 1 nitrogen and oxygen atoms in total. The van der Waals surface area contributed by atoms with Gasteiger partial charge in [-0.2, -0.15) is 0 Å². The molecule has 1 unspecified atom stereocenters. The number of aryl methyl sites for hydroxylation is 1. The Hall–Kier alpha value is -0.820. The number of nitrogens with one attached hydrogen (secondary N) is 1. The maximum absolute atomic E-state index is 3.67. The molecule has 16 heavy (non-hydrogen) atoms. The molecule has 1 aromatic carbocycles. The van der Waals surface area contributed by atoms with Crippen LogP contribution in [0.15, 0.2) is 24.3 Å². The highest BCUT2D eigenvalue weighted by atomic mass is 15.0. The average Bonchev–Trinajstić information content (AvgIpc) is 2.11. The van der Waals surface area contributed by atoms with E-state index < -0.39 is 0 Å². The fraction of sp³-hybridized carbons (Fsp3) is 0.600. The van der Waals surface area contributed by atoms with E-state index in [4.69, 9.17) is 0 Å². The van der Waals surface area contributed by atoms with Crippen molar-refractivity contribution in [1.82, 2.24) is 5.32 Å². The van der Waals surface area contributed by atoms with E-state index in [1.165, 1.54) is 24.0 Å². The molecule has 1 fully saturated rings. The van der Waals surface area contributed by atoms with Crippen molar-refractivity contribution in [2.24, 2.45) is 5.41 Å². The zero-order valence-electron chi connectivity index (χ0n) is 10.9. The molecule has 0 spiro atoms. The number of rotatable bonds is 2. The average molecular weight is 217 g/mol. The molecule has 2 rings (SSSR count). The van der Waals surface area contributed by atoms with Crippen LogP contribution < -0.4 is 5.32 Å². The first-order valence-electron chi connectivity index (χ1n) is 6.24. The number of hydrogen-bond acceptors (Lipinski definition) is 1. The molecular weight excluding hydrogens is 194 g/mol. The zero-order chi connectivity index (χ0) is 11.8. The topological polar surface area (TPSA) is 12.0 Å². The number of benzene rings is 1. The summed E-state index contributed by atoms with van der Waals surface area (Å²) >= 11 is 0. The Kier molecular flexibility index (Phi) is 2.83. The van der Waals surface area contributed by atoms with Crippen LogP contribution in [0, 0.1) is 12.3 Å². The van der Waals surface area contributed by atoms with E-state index in [0.717, 1.165) is 6.54 Å². The summed E-state index contributed by atoms with van der Waals surface area (Å²) in [7, 11) is 0. The fourth-order valence-corrected chi connectivity index (χ4v) is 2.92. The van der Waals surface area contributed by atoms with Gasteiger partial charge in [-0.15, -0.1) is 0 Å². The van der Waals surface area contributed by atoms with Crippen molar-refractivity contribution in [1.29, 1.82) is 0 Å². The second-order valence-corrected chi connectivity index (χ2v) is 6.31. The van der Waals surface area contributed by atoms with Crippen LogP contribution in [0.2, 0.25) is 0 Å². The minimum absolute atomic E-state index is 0.240. The Morgan fingerprint density at radius 2 is 1.88 bits per heavy atom. The fourth-order valence-electron chi connectivity index (χ4n) is 2.92. The largest absolute Gasteiger partial charge is 0.307 e. The van der Waals surface area contributed by atoms with E-state index in [2.05, 4.69) is 57.3 Å². The standard InChI is InChI=1S/C15H23N/c1-12-7-5-6-8-13(12)15(9-10-16-15)11-14(2,3)4/h5-8,16H,9-11H2,1-4H3. The van der Waals surface area contributed by atoms with Gasteiger partial charge >= 0.3 is 0 Å². The molecule has 88 valence electrons. The van der Waals surface area contributed by atoms with E-state index in [0.29, 0.717) is 5.41 Å². The van der Waals surface area contributed by atoms with E-state index in [1.54, 1.807) is 0 Å². The third-order valence-electron chi connectivity index (χ3n) is 3.51. The Morgan fingerprint density at radius 3 is 2.31 bits per heavy atom. The van der Waals surface area contributed by atoms with Gasteiger partial charge in [-0.25, -0.2) is 0 Å². The van der Waals surface area contributed by atoms with Crippen molar-refractivity contribution < 1.29 is 0 Å². The molecule has 1 N–H and O–H groups in total. The predicted molar refractivity (Wildman–Crippen MR) is 69.5 cm³/mol. The molecule has 1 saturated heterocycles. The van der Waals surface area contributed by atoms with Crippen molar-refractivity contribution in [3.05, 3.63) is 35.4 Å². The van der Waals surface area contributed by atoms with Gasteiger partial charge in [0.1, 0.15) is 0 Å². The molecule has 1 aliphatic rings. The molecule has 0 amide bonds. The van der Waals surface area contributed by atoms with E-state index in [-0.39, 0.29) is 5.54 Å². The van der Waals surface area contributed by atoms with Crippen molar-refractivity contribution in [3.63, 3.8) is 0 Å².